The lowest BCUT2D eigenvalue weighted by Crippen LogP contribution is -2.48. The first-order valence-corrected chi connectivity index (χ1v) is 5.93. The van der Waals surface area contributed by atoms with Crippen molar-refractivity contribution in [3.63, 3.8) is 0 Å². The molecule has 0 radical (unpaired) electrons. The van der Waals surface area contributed by atoms with Crippen LogP contribution in [-0.2, 0) is 9.47 Å². The Bertz CT molecular complexity index is 168. The first-order chi connectivity index (χ1) is 7.76. The summed E-state index contributed by atoms with van der Waals surface area (Å²) in [7, 11) is 1.64. The van der Waals surface area contributed by atoms with Crippen LogP contribution < -0.4 is 10.6 Å². The molecule has 1 heterocycles. The smallest absolute Gasteiger partial charge is 0.0638 e. The van der Waals surface area contributed by atoms with Gasteiger partial charge in [-0.2, -0.15) is 0 Å². The van der Waals surface area contributed by atoms with Gasteiger partial charge in [0, 0.05) is 25.7 Å². The second-order valence-electron chi connectivity index (χ2n) is 4.36. The Morgan fingerprint density at radius 3 is 3.00 bits per heavy atom. The number of rotatable bonds is 7. The molecular weight excluding hydrogens is 208 g/mol. The molecule has 0 aromatic rings. The van der Waals surface area contributed by atoms with Crippen LogP contribution in [0.1, 0.15) is 13.3 Å². The van der Waals surface area contributed by atoms with Gasteiger partial charge in [-0.25, -0.2) is 0 Å². The molecule has 0 aromatic heterocycles. The lowest BCUT2D eigenvalue weighted by molar-refractivity contribution is 0.0681. The minimum absolute atomic E-state index is 0.0181. The summed E-state index contributed by atoms with van der Waals surface area (Å²) in [5, 5.41) is 15.9. The number of methoxy groups -OCH3 is 1. The van der Waals surface area contributed by atoms with Gasteiger partial charge in [-0.3, -0.25) is 0 Å². The third kappa shape index (κ3) is 5.23. The topological polar surface area (TPSA) is 62.8 Å². The zero-order chi connectivity index (χ0) is 11.8. The number of aliphatic hydroxyl groups excluding tert-OH is 1. The first kappa shape index (κ1) is 13.9. The summed E-state index contributed by atoms with van der Waals surface area (Å²) in [6, 6.07) is 0.772. The van der Waals surface area contributed by atoms with Gasteiger partial charge in [0.1, 0.15) is 0 Å². The fourth-order valence-corrected chi connectivity index (χ4v) is 2.02. The maximum atomic E-state index is 9.13. The Balaban J connectivity index is 2.19. The van der Waals surface area contributed by atoms with E-state index in [-0.39, 0.29) is 12.6 Å². The molecule has 3 unspecified atom stereocenters. The fraction of sp³-hybridized carbons (Fsp3) is 1.00. The van der Waals surface area contributed by atoms with Crippen LogP contribution in [0.4, 0.5) is 0 Å². The predicted octanol–water partition coefficient (Wildman–Crippen LogP) is -0.650. The molecule has 5 heteroatoms. The van der Waals surface area contributed by atoms with Crippen LogP contribution in [0.5, 0.6) is 0 Å². The van der Waals surface area contributed by atoms with Crippen molar-refractivity contribution in [2.24, 2.45) is 0 Å². The fourth-order valence-electron chi connectivity index (χ4n) is 2.02. The van der Waals surface area contributed by atoms with Crippen molar-refractivity contribution >= 4 is 0 Å². The van der Waals surface area contributed by atoms with Crippen LogP contribution in [0.15, 0.2) is 0 Å². The highest BCUT2D eigenvalue weighted by Crippen LogP contribution is 2.03. The largest absolute Gasteiger partial charge is 0.395 e. The highest BCUT2D eigenvalue weighted by Gasteiger charge is 2.18. The van der Waals surface area contributed by atoms with Gasteiger partial charge in [-0.15, -0.1) is 0 Å². The number of aliphatic hydroxyl groups is 1. The third-order valence-electron chi connectivity index (χ3n) is 2.74. The number of ether oxygens (including phenoxy) is 2. The summed E-state index contributed by atoms with van der Waals surface area (Å²) >= 11 is 0. The Morgan fingerprint density at radius 1 is 1.62 bits per heavy atom. The molecule has 0 aliphatic carbocycles. The number of hydrogen-bond donors (Lipinski definition) is 3. The molecule has 1 fully saturated rings. The van der Waals surface area contributed by atoms with E-state index in [2.05, 4.69) is 17.6 Å². The summed E-state index contributed by atoms with van der Waals surface area (Å²) in [4.78, 5) is 0. The van der Waals surface area contributed by atoms with E-state index in [0.29, 0.717) is 18.7 Å². The van der Waals surface area contributed by atoms with Crippen LogP contribution in [-0.4, -0.2) is 63.3 Å². The molecular formula is C11H24N2O3. The standard InChI is InChI=1S/C11H24N2O3/c1-9(13-11(6-14)7-15-2)5-10-8-16-4-3-12-10/h9-14H,3-8H2,1-2H3. The molecule has 1 aliphatic heterocycles. The molecule has 0 bridgehead atoms. The van der Waals surface area contributed by atoms with Crippen LogP contribution in [0.2, 0.25) is 0 Å². The summed E-state index contributed by atoms with van der Waals surface area (Å²) in [6.45, 7) is 5.27. The highest BCUT2D eigenvalue weighted by atomic mass is 16.5. The van der Waals surface area contributed by atoms with Gasteiger partial charge < -0.3 is 25.2 Å². The molecule has 96 valence electrons. The summed E-state index contributed by atoms with van der Waals surface area (Å²) in [6.07, 6.45) is 1.00. The van der Waals surface area contributed by atoms with Crippen molar-refractivity contribution in [1.82, 2.24) is 10.6 Å². The Labute approximate surface area is 97.5 Å². The van der Waals surface area contributed by atoms with Crippen molar-refractivity contribution in [3.8, 4) is 0 Å². The van der Waals surface area contributed by atoms with Gasteiger partial charge in [0.25, 0.3) is 0 Å². The average Bonchev–Trinajstić information content (AvgIpc) is 2.29. The van der Waals surface area contributed by atoms with E-state index in [9.17, 15) is 0 Å². The van der Waals surface area contributed by atoms with Gasteiger partial charge in [-0.05, 0) is 13.3 Å². The molecule has 3 atom stereocenters. The van der Waals surface area contributed by atoms with Crippen molar-refractivity contribution in [2.75, 3.05) is 40.1 Å². The quantitative estimate of drug-likeness (QED) is 0.544. The van der Waals surface area contributed by atoms with E-state index in [1.807, 2.05) is 0 Å². The van der Waals surface area contributed by atoms with E-state index in [1.54, 1.807) is 7.11 Å². The zero-order valence-electron chi connectivity index (χ0n) is 10.2. The molecule has 1 saturated heterocycles. The van der Waals surface area contributed by atoms with E-state index < -0.39 is 0 Å². The van der Waals surface area contributed by atoms with E-state index in [0.717, 1.165) is 26.2 Å². The molecule has 16 heavy (non-hydrogen) atoms. The molecule has 3 N–H and O–H groups in total. The molecule has 0 aromatic carbocycles. The monoisotopic (exact) mass is 232 g/mol. The number of hydrogen-bond acceptors (Lipinski definition) is 5. The van der Waals surface area contributed by atoms with Crippen LogP contribution in [0.3, 0.4) is 0 Å². The first-order valence-electron chi connectivity index (χ1n) is 5.93. The van der Waals surface area contributed by atoms with E-state index >= 15 is 0 Å². The second kappa shape index (κ2) is 7.97. The number of nitrogens with one attached hydrogen (secondary N) is 2. The molecule has 0 spiro atoms. The average molecular weight is 232 g/mol. The van der Waals surface area contributed by atoms with Crippen LogP contribution >= 0.6 is 0 Å². The maximum absolute atomic E-state index is 9.13. The normalized spacial score (nSPS) is 25.3. The molecule has 0 saturated carbocycles. The van der Waals surface area contributed by atoms with E-state index in [4.69, 9.17) is 14.6 Å². The third-order valence-corrected chi connectivity index (χ3v) is 2.74. The molecule has 1 rings (SSSR count). The Morgan fingerprint density at radius 2 is 2.44 bits per heavy atom. The minimum Gasteiger partial charge on any atom is -0.395 e. The SMILES string of the molecule is COCC(CO)NC(C)CC1COCCN1. The molecule has 5 nitrogen and oxygen atoms in total. The van der Waals surface area contributed by atoms with Crippen LogP contribution in [0, 0.1) is 0 Å². The lowest BCUT2D eigenvalue weighted by Gasteiger charge is -2.28. The summed E-state index contributed by atoms with van der Waals surface area (Å²) in [5.41, 5.74) is 0. The maximum Gasteiger partial charge on any atom is 0.0638 e. The van der Waals surface area contributed by atoms with Crippen LogP contribution in [0.25, 0.3) is 0 Å². The van der Waals surface area contributed by atoms with Gasteiger partial charge in [0.05, 0.1) is 32.5 Å². The summed E-state index contributed by atoms with van der Waals surface area (Å²) < 4.78 is 10.4. The minimum atomic E-state index is 0.0181. The van der Waals surface area contributed by atoms with Gasteiger partial charge in [-0.1, -0.05) is 0 Å². The summed E-state index contributed by atoms with van der Waals surface area (Å²) in [5.74, 6) is 0. The van der Waals surface area contributed by atoms with Gasteiger partial charge in [0.15, 0.2) is 0 Å². The lowest BCUT2D eigenvalue weighted by atomic mass is 10.1. The van der Waals surface area contributed by atoms with Crippen molar-refractivity contribution in [2.45, 2.75) is 31.5 Å². The molecule has 1 aliphatic rings. The zero-order valence-corrected chi connectivity index (χ0v) is 10.2. The Kier molecular flexibility index (Phi) is 6.91. The van der Waals surface area contributed by atoms with Gasteiger partial charge >= 0.3 is 0 Å². The van der Waals surface area contributed by atoms with Gasteiger partial charge in [0.2, 0.25) is 0 Å². The van der Waals surface area contributed by atoms with E-state index in [1.165, 1.54) is 0 Å². The predicted molar refractivity (Wildman–Crippen MR) is 62.6 cm³/mol. The van der Waals surface area contributed by atoms with Crippen molar-refractivity contribution < 1.29 is 14.6 Å². The number of morpholine rings is 1. The Hall–Kier alpha value is -0.200. The van der Waals surface area contributed by atoms with Crippen molar-refractivity contribution in [1.29, 1.82) is 0 Å². The molecule has 0 amide bonds. The highest BCUT2D eigenvalue weighted by molar-refractivity contribution is 4.78. The second-order valence-corrected chi connectivity index (χ2v) is 4.36. The van der Waals surface area contributed by atoms with Crippen molar-refractivity contribution in [3.05, 3.63) is 0 Å².